The highest BCUT2D eigenvalue weighted by Gasteiger charge is 2.05. The molecule has 1 aromatic heterocycles. The minimum Gasteiger partial charge on any atom is -0.477 e. The van der Waals surface area contributed by atoms with Gasteiger partial charge in [-0.15, -0.1) is 0 Å². The van der Waals surface area contributed by atoms with E-state index in [0.29, 0.717) is 44.7 Å². The molecule has 0 saturated carbocycles. The van der Waals surface area contributed by atoms with Gasteiger partial charge in [-0.05, 0) is 6.92 Å². The molecule has 0 atom stereocenters. The van der Waals surface area contributed by atoms with Crippen molar-refractivity contribution in [2.75, 3.05) is 52.5 Å². The molecule has 0 spiro atoms. The van der Waals surface area contributed by atoms with Crippen molar-refractivity contribution in [3.8, 4) is 5.88 Å². The first kappa shape index (κ1) is 17.6. The number of ether oxygens (including phenoxy) is 4. The van der Waals surface area contributed by atoms with Crippen LogP contribution >= 0.6 is 0 Å². The zero-order chi connectivity index (χ0) is 15.3. The average Bonchev–Trinajstić information content (AvgIpc) is 2.47. The Morgan fingerprint density at radius 2 is 1.90 bits per heavy atom. The van der Waals surface area contributed by atoms with E-state index in [1.54, 1.807) is 20.3 Å². The second-order valence-corrected chi connectivity index (χ2v) is 4.28. The number of nitrogens with one attached hydrogen (secondary N) is 1. The number of rotatable bonds is 12. The lowest BCUT2D eigenvalue weighted by molar-refractivity contribution is 0.0641. The molecule has 120 valence electrons. The highest BCUT2D eigenvalue weighted by Crippen LogP contribution is 2.14. The summed E-state index contributed by atoms with van der Waals surface area (Å²) >= 11 is 0. The number of methoxy groups -OCH3 is 2. The van der Waals surface area contributed by atoms with E-state index >= 15 is 0 Å². The fraction of sp³-hybridized carbons (Fsp3) is 0.714. The van der Waals surface area contributed by atoms with Gasteiger partial charge in [0.15, 0.2) is 5.82 Å². The van der Waals surface area contributed by atoms with E-state index in [4.69, 9.17) is 18.9 Å². The Kier molecular flexibility index (Phi) is 9.43. The molecule has 7 nitrogen and oxygen atoms in total. The first-order chi connectivity index (χ1) is 10.3. The molecule has 0 amide bonds. The van der Waals surface area contributed by atoms with E-state index in [1.165, 1.54) is 0 Å². The molecule has 0 aliphatic carbocycles. The maximum Gasteiger partial charge on any atom is 0.218 e. The van der Waals surface area contributed by atoms with Crippen molar-refractivity contribution in [1.82, 2.24) is 9.97 Å². The van der Waals surface area contributed by atoms with Gasteiger partial charge >= 0.3 is 0 Å². The Bertz CT molecular complexity index is 366. The van der Waals surface area contributed by atoms with Crippen LogP contribution in [0.1, 0.15) is 19.2 Å². The molecule has 1 aromatic rings. The predicted octanol–water partition coefficient (Wildman–Crippen LogP) is 1.49. The smallest absolute Gasteiger partial charge is 0.218 e. The van der Waals surface area contributed by atoms with Crippen LogP contribution in [0.3, 0.4) is 0 Å². The fourth-order valence-corrected chi connectivity index (χ4v) is 1.59. The second-order valence-electron chi connectivity index (χ2n) is 4.28. The Morgan fingerprint density at radius 3 is 2.62 bits per heavy atom. The van der Waals surface area contributed by atoms with Crippen LogP contribution in [-0.4, -0.2) is 57.2 Å². The Hall–Kier alpha value is -1.44. The molecule has 0 saturated heterocycles. The van der Waals surface area contributed by atoms with E-state index in [-0.39, 0.29) is 0 Å². The number of nitrogens with zero attached hydrogens (tertiary/aromatic N) is 2. The van der Waals surface area contributed by atoms with Crippen molar-refractivity contribution in [2.24, 2.45) is 0 Å². The van der Waals surface area contributed by atoms with Crippen LogP contribution in [0.2, 0.25) is 0 Å². The van der Waals surface area contributed by atoms with Gasteiger partial charge in [-0.2, -0.15) is 4.98 Å². The van der Waals surface area contributed by atoms with E-state index < -0.39 is 0 Å². The van der Waals surface area contributed by atoms with Crippen molar-refractivity contribution in [1.29, 1.82) is 0 Å². The van der Waals surface area contributed by atoms with Gasteiger partial charge in [-0.3, -0.25) is 0 Å². The first-order valence-electron chi connectivity index (χ1n) is 7.10. The van der Waals surface area contributed by atoms with Crippen molar-refractivity contribution in [3.63, 3.8) is 0 Å². The van der Waals surface area contributed by atoms with E-state index in [9.17, 15) is 0 Å². The summed E-state index contributed by atoms with van der Waals surface area (Å²) in [5.41, 5.74) is 0. The Labute approximate surface area is 126 Å². The molecule has 0 radical (unpaired) electrons. The van der Waals surface area contributed by atoms with Gasteiger partial charge in [0, 0.05) is 39.9 Å². The number of aromatic nitrogens is 2. The van der Waals surface area contributed by atoms with Crippen molar-refractivity contribution < 1.29 is 18.9 Å². The maximum absolute atomic E-state index is 5.63. The average molecular weight is 299 g/mol. The van der Waals surface area contributed by atoms with Crippen LogP contribution in [0.5, 0.6) is 5.88 Å². The molecular weight excluding hydrogens is 274 g/mol. The molecule has 0 aromatic carbocycles. The summed E-state index contributed by atoms with van der Waals surface area (Å²) in [6.07, 6.45) is 0.796. The van der Waals surface area contributed by atoms with Gasteiger partial charge in [-0.1, -0.05) is 0 Å². The summed E-state index contributed by atoms with van der Waals surface area (Å²) in [7, 11) is 3.27. The normalized spacial score (nSPS) is 10.6. The zero-order valence-electron chi connectivity index (χ0n) is 13.1. The number of hydrogen-bond donors (Lipinski definition) is 1. The molecule has 0 aliphatic heterocycles. The van der Waals surface area contributed by atoms with Crippen LogP contribution in [0, 0.1) is 0 Å². The van der Waals surface area contributed by atoms with Crippen molar-refractivity contribution in [2.45, 2.75) is 20.0 Å². The minimum atomic E-state index is 0.357. The first-order valence-corrected chi connectivity index (χ1v) is 7.10. The molecule has 0 bridgehead atoms. The van der Waals surface area contributed by atoms with E-state index in [2.05, 4.69) is 15.3 Å². The van der Waals surface area contributed by atoms with Gasteiger partial charge in [0.1, 0.15) is 12.4 Å². The highest BCUT2D eigenvalue weighted by atomic mass is 16.5. The van der Waals surface area contributed by atoms with Gasteiger partial charge in [0.2, 0.25) is 5.88 Å². The van der Waals surface area contributed by atoms with Gasteiger partial charge < -0.3 is 24.3 Å². The van der Waals surface area contributed by atoms with Crippen LogP contribution in [0.4, 0.5) is 5.82 Å². The number of hydrogen-bond acceptors (Lipinski definition) is 7. The molecule has 0 fully saturated rings. The van der Waals surface area contributed by atoms with Crippen LogP contribution in [0.25, 0.3) is 0 Å². The topological polar surface area (TPSA) is 74.7 Å². The summed E-state index contributed by atoms with van der Waals surface area (Å²) in [5, 5.41) is 3.15. The molecule has 1 rings (SSSR count). The standard InChI is InChI=1S/C14H25N3O4/c1-4-15-12-10-14(17-13(16-12)11-19-3)21-7-5-6-20-9-8-18-2/h10H,4-9,11H2,1-3H3,(H,15,16,17). The molecule has 1 heterocycles. The summed E-state index contributed by atoms with van der Waals surface area (Å²) in [4.78, 5) is 8.62. The largest absolute Gasteiger partial charge is 0.477 e. The van der Waals surface area contributed by atoms with Gasteiger partial charge in [-0.25, -0.2) is 4.98 Å². The summed E-state index contributed by atoms with van der Waals surface area (Å²) in [6, 6.07) is 1.79. The summed E-state index contributed by atoms with van der Waals surface area (Å²) in [6.45, 7) is 5.55. The number of anilines is 1. The lowest BCUT2D eigenvalue weighted by atomic mass is 10.4. The lowest BCUT2D eigenvalue weighted by Crippen LogP contribution is -2.09. The minimum absolute atomic E-state index is 0.357. The third kappa shape index (κ3) is 7.79. The maximum atomic E-state index is 5.63. The Balaban J connectivity index is 2.38. The summed E-state index contributed by atoms with van der Waals surface area (Å²) in [5.74, 6) is 1.89. The molecule has 7 heteroatoms. The van der Waals surface area contributed by atoms with Crippen LogP contribution < -0.4 is 10.1 Å². The molecule has 1 N–H and O–H groups in total. The van der Waals surface area contributed by atoms with Crippen LogP contribution in [0.15, 0.2) is 6.07 Å². The Morgan fingerprint density at radius 1 is 1.05 bits per heavy atom. The monoisotopic (exact) mass is 299 g/mol. The molecule has 0 aliphatic rings. The second kappa shape index (κ2) is 11.2. The van der Waals surface area contributed by atoms with Crippen molar-refractivity contribution in [3.05, 3.63) is 11.9 Å². The highest BCUT2D eigenvalue weighted by molar-refractivity contribution is 5.38. The van der Waals surface area contributed by atoms with E-state index in [0.717, 1.165) is 18.8 Å². The lowest BCUT2D eigenvalue weighted by Gasteiger charge is -2.10. The predicted molar refractivity (Wildman–Crippen MR) is 79.7 cm³/mol. The molecular formula is C14H25N3O4. The quantitative estimate of drug-likeness (QED) is 0.586. The van der Waals surface area contributed by atoms with Gasteiger partial charge in [0.05, 0.1) is 19.8 Å². The van der Waals surface area contributed by atoms with Crippen molar-refractivity contribution >= 4 is 5.82 Å². The van der Waals surface area contributed by atoms with Gasteiger partial charge in [0.25, 0.3) is 0 Å². The summed E-state index contributed by atoms with van der Waals surface area (Å²) < 4.78 is 20.9. The molecule has 21 heavy (non-hydrogen) atoms. The van der Waals surface area contributed by atoms with E-state index in [1.807, 2.05) is 6.92 Å². The SMILES string of the molecule is CCNc1cc(OCCCOCCOC)nc(COC)n1. The third-order valence-electron chi connectivity index (χ3n) is 2.50. The third-order valence-corrected chi connectivity index (χ3v) is 2.50. The molecule has 0 unspecified atom stereocenters. The zero-order valence-corrected chi connectivity index (χ0v) is 13.1. The van der Waals surface area contributed by atoms with Crippen LogP contribution in [-0.2, 0) is 20.8 Å². The fourth-order valence-electron chi connectivity index (χ4n) is 1.59.